The maximum Gasteiger partial charge on any atom is 0.330 e. The van der Waals surface area contributed by atoms with Crippen LogP contribution in [0.1, 0.15) is 6.92 Å². The summed E-state index contributed by atoms with van der Waals surface area (Å²) in [5.41, 5.74) is 0.313. The van der Waals surface area contributed by atoms with Crippen LogP contribution in [-0.2, 0) is 4.79 Å². The van der Waals surface area contributed by atoms with Crippen molar-refractivity contribution in [3.05, 3.63) is 52.6 Å². The van der Waals surface area contributed by atoms with Crippen LogP contribution in [0.5, 0.6) is 0 Å². The number of carboxylic acid groups (broad SMARTS) is 1. The van der Waals surface area contributed by atoms with E-state index in [4.69, 9.17) is 5.11 Å². The number of hydrogen-bond donors (Lipinski definition) is 1. The third-order valence-electron chi connectivity index (χ3n) is 1.33. The van der Waals surface area contributed by atoms with Gasteiger partial charge in [-0.2, -0.15) is 0 Å². The zero-order valence-electron chi connectivity index (χ0n) is 8.21. The smallest absolute Gasteiger partial charge is 0.330 e. The van der Waals surface area contributed by atoms with E-state index in [-0.39, 0.29) is 11.3 Å². The number of para-hydroxylation sites is 1. The second-order valence-corrected chi connectivity index (χ2v) is 2.68. The third-order valence-corrected chi connectivity index (χ3v) is 1.33. The van der Waals surface area contributed by atoms with E-state index in [0.717, 1.165) is 0 Å². The van der Waals surface area contributed by atoms with Crippen LogP contribution in [0.3, 0.4) is 0 Å². The molecule has 0 aliphatic heterocycles. The molecule has 0 atom stereocenters. The molecule has 0 spiro atoms. The molecular weight excluding hydrogens is 198 g/mol. The van der Waals surface area contributed by atoms with Crippen LogP contribution < -0.4 is 0 Å². The molecule has 0 aliphatic rings. The van der Waals surface area contributed by atoms with Gasteiger partial charge in [0.2, 0.25) is 0 Å². The number of nitrogens with zero attached hydrogens (tertiary/aromatic N) is 1. The molecule has 0 saturated heterocycles. The summed E-state index contributed by atoms with van der Waals surface area (Å²) in [5.74, 6) is -0.935. The molecule has 0 bridgehead atoms. The zero-order chi connectivity index (χ0) is 11.8. The van der Waals surface area contributed by atoms with E-state index in [9.17, 15) is 14.9 Å². The first-order valence-electron chi connectivity index (χ1n) is 4.03. The van der Waals surface area contributed by atoms with Crippen LogP contribution >= 0.6 is 0 Å². The molecule has 0 radical (unpaired) electrons. The Morgan fingerprint density at radius 1 is 1.40 bits per heavy atom. The lowest BCUT2D eigenvalue weighted by molar-refractivity contribution is -0.384. The predicted molar refractivity (Wildman–Crippen MR) is 55.5 cm³/mol. The highest BCUT2D eigenvalue weighted by molar-refractivity contribution is 5.84. The quantitative estimate of drug-likeness (QED) is 0.460. The summed E-state index contributed by atoms with van der Waals surface area (Å²) in [4.78, 5) is 19.2. The topological polar surface area (TPSA) is 80.4 Å². The van der Waals surface area contributed by atoms with Crippen LogP contribution in [0.25, 0.3) is 0 Å². The summed E-state index contributed by atoms with van der Waals surface area (Å²) in [6.07, 6.45) is 0. The van der Waals surface area contributed by atoms with E-state index in [1.54, 1.807) is 18.2 Å². The van der Waals surface area contributed by atoms with Gasteiger partial charge in [0.15, 0.2) is 0 Å². The molecule has 1 aromatic rings. The second-order valence-electron chi connectivity index (χ2n) is 2.68. The van der Waals surface area contributed by atoms with Crippen molar-refractivity contribution < 1.29 is 14.8 Å². The normalized spacial score (nSPS) is 8.33. The van der Waals surface area contributed by atoms with E-state index in [0.29, 0.717) is 0 Å². The van der Waals surface area contributed by atoms with Gasteiger partial charge in [0.1, 0.15) is 0 Å². The number of aliphatic carboxylic acids is 1. The van der Waals surface area contributed by atoms with Crippen molar-refractivity contribution in [1.82, 2.24) is 0 Å². The Bertz CT molecular complexity index is 347. The highest BCUT2D eigenvalue weighted by Crippen LogP contribution is 2.06. The Hall–Kier alpha value is -2.17. The maximum absolute atomic E-state index is 10.0. The van der Waals surface area contributed by atoms with Crippen molar-refractivity contribution in [2.24, 2.45) is 0 Å². The van der Waals surface area contributed by atoms with Gasteiger partial charge in [-0.1, -0.05) is 24.8 Å². The van der Waals surface area contributed by atoms with Crippen molar-refractivity contribution >= 4 is 11.7 Å². The molecule has 5 heteroatoms. The van der Waals surface area contributed by atoms with E-state index in [2.05, 4.69) is 6.58 Å². The number of hydrogen-bond acceptors (Lipinski definition) is 3. The number of benzene rings is 1. The monoisotopic (exact) mass is 209 g/mol. The van der Waals surface area contributed by atoms with E-state index in [1.807, 2.05) is 0 Å². The predicted octanol–water partition coefficient (Wildman–Crippen LogP) is 2.24. The highest BCUT2D eigenvalue weighted by atomic mass is 16.6. The van der Waals surface area contributed by atoms with Gasteiger partial charge in [-0.25, -0.2) is 4.79 Å². The summed E-state index contributed by atoms with van der Waals surface area (Å²) in [7, 11) is 0. The minimum Gasteiger partial charge on any atom is -0.478 e. The van der Waals surface area contributed by atoms with Crippen molar-refractivity contribution in [3.63, 3.8) is 0 Å². The van der Waals surface area contributed by atoms with Crippen molar-refractivity contribution in [2.75, 3.05) is 0 Å². The molecule has 15 heavy (non-hydrogen) atoms. The van der Waals surface area contributed by atoms with Crippen molar-refractivity contribution in [3.8, 4) is 0 Å². The van der Waals surface area contributed by atoms with E-state index >= 15 is 0 Å². The fourth-order valence-corrected chi connectivity index (χ4v) is 0.550. The van der Waals surface area contributed by atoms with Crippen LogP contribution in [0.15, 0.2) is 42.5 Å². The minimum absolute atomic E-state index is 0.137. The largest absolute Gasteiger partial charge is 0.478 e. The lowest BCUT2D eigenvalue weighted by Gasteiger charge is -1.85. The molecule has 0 amide bonds. The summed E-state index contributed by atoms with van der Waals surface area (Å²) in [5, 5.41) is 17.9. The number of non-ortho nitro benzene ring substituents is 1. The highest BCUT2D eigenvalue weighted by Gasteiger charge is 1.98. The lowest BCUT2D eigenvalue weighted by Crippen LogP contribution is -1.92. The van der Waals surface area contributed by atoms with Gasteiger partial charge in [-0.15, -0.1) is 0 Å². The van der Waals surface area contributed by atoms with E-state index in [1.165, 1.54) is 19.1 Å². The number of carbonyl (C=O) groups is 1. The Kier molecular flexibility index (Phi) is 5.40. The fourth-order valence-electron chi connectivity index (χ4n) is 0.550. The molecular formula is C10H11NO4. The molecule has 1 rings (SSSR count). The van der Waals surface area contributed by atoms with Crippen molar-refractivity contribution in [2.45, 2.75) is 6.92 Å². The van der Waals surface area contributed by atoms with Gasteiger partial charge >= 0.3 is 5.97 Å². The van der Waals surface area contributed by atoms with E-state index < -0.39 is 10.9 Å². The second kappa shape index (κ2) is 6.31. The lowest BCUT2D eigenvalue weighted by atomic mass is 10.3. The molecule has 0 heterocycles. The number of carboxylic acids is 1. The molecule has 0 aliphatic carbocycles. The molecule has 5 nitrogen and oxygen atoms in total. The molecule has 0 unspecified atom stereocenters. The summed E-state index contributed by atoms with van der Waals surface area (Å²) < 4.78 is 0. The van der Waals surface area contributed by atoms with Gasteiger partial charge in [-0.05, 0) is 6.92 Å². The van der Waals surface area contributed by atoms with Crippen LogP contribution in [0.2, 0.25) is 0 Å². The average molecular weight is 209 g/mol. The van der Waals surface area contributed by atoms with Crippen LogP contribution in [0.4, 0.5) is 5.69 Å². The Morgan fingerprint density at radius 3 is 2.00 bits per heavy atom. The van der Waals surface area contributed by atoms with Crippen LogP contribution in [-0.4, -0.2) is 16.0 Å². The fraction of sp³-hybridized carbons (Fsp3) is 0.100. The Morgan fingerprint density at radius 2 is 1.80 bits per heavy atom. The van der Waals surface area contributed by atoms with Gasteiger partial charge in [0, 0.05) is 17.7 Å². The summed E-state index contributed by atoms with van der Waals surface area (Å²) >= 11 is 0. The van der Waals surface area contributed by atoms with Gasteiger partial charge in [0.05, 0.1) is 4.92 Å². The van der Waals surface area contributed by atoms with Gasteiger partial charge in [0.25, 0.3) is 5.69 Å². The Balaban J connectivity index is 0.000000288. The summed E-state index contributed by atoms with van der Waals surface area (Å²) in [6, 6.07) is 7.93. The minimum atomic E-state index is -0.935. The van der Waals surface area contributed by atoms with Gasteiger partial charge in [-0.3, -0.25) is 10.1 Å². The standard InChI is InChI=1S/C6H5NO2.C4H6O2/c8-7(9)6-4-2-1-3-5-6;1-3(2)4(5)6/h1-5H;1H2,2H3,(H,5,6). The first kappa shape index (κ1) is 12.8. The summed E-state index contributed by atoms with van der Waals surface area (Å²) in [6.45, 7) is 4.60. The molecule has 1 aromatic carbocycles. The van der Waals surface area contributed by atoms with Gasteiger partial charge < -0.3 is 5.11 Å². The first-order chi connectivity index (χ1) is 6.95. The molecule has 0 fully saturated rings. The first-order valence-corrected chi connectivity index (χ1v) is 4.03. The molecule has 0 aromatic heterocycles. The van der Waals surface area contributed by atoms with Crippen molar-refractivity contribution in [1.29, 1.82) is 0 Å². The number of nitro groups is 1. The molecule has 0 saturated carbocycles. The molecule has 80 valence electrons. The zero-order valence-corrected chi connectivity index (χ0v) is 8.21. The van der Waals surface area contributed by atoms with Crippen LogP contribution in [0, 0.1) is 10.1 Å². The number of nitro benzene ring substituents is 1. The SMILES string of the molecule is C=C(C)C(=O)O.O=[N+]([O-])c1ccccc1. The maximum atomic E-state index is 10.0. The average Bonchev–Trinajstić information content (AvgIpc) is 2.20. The molecule has 1 N–H and O–H groups in total. The third kappa shape index (κ3) is 5.98. The Labute approximate surface area is 86.8 Å². The number of rotatable bonds is 2.